The number of methoxy groups -OCH3 is 1. The first-order valence-electron chi connectivity index (χ1n) is 5.01. The summed E-state index contributed by atoms with van der Waals surface area (Å²) in [5, 5.41) is 11.1. The third-order valence-electron chi connectivity index (χ3n) is 2.27. The molecule has 1 aromatic carbocycles. The number of rotatable bonds is 4. The molecule has 1 N–H and O–H groups in total. The van der Waals surface area contributed by atoms with E-state index in [1.807, 2.05) is 12.1 Å². The predicted molar refractivity (Wildman–Crippen MR) is 60.8 cm³/mol. The SMILES string of the molecule is COCCOc1ccc2c(O)nccc2c1. The van der Waals surface area contributed by atoms with Gasteiger partial charge in [0.05, 0.1) is 6.61 Å². The largest absolute Gasteiger partial charge is 0.493 e. The highest BCUT2D eigenvalue weighted by Gasteiger charge is 2.01. The number of nitrogens with zero attached hydrogens (tertiary/aromatic N) is 1. The lowest BCUT2D eigenvalue weighted by molar-refractivity contribution is 0.146. The van der Waals surface area contributed by atoms with Gasteiger partial charge in [0.15, 0.2) is 0 Å². The fourth-order valence-electron chi connectivity index (χ4n) is 1.47. The molecule has 0 aliphatic heterocycles. The van der Waals surface area contributed by atoms with Crippen molar-refractivity contribution >= 4 is 10.8 Å². The van der Waals surface area contributed by atoms with Crippen LogP contribution in [0.15, 0.2) is 30.5 Å². The molecule has 0 saturated heterocycles. The van der Waals surface area contributed by atoms with Gasteiger partial charge in [0.1, 0.15) is 12.4 Å². The highest BCUT2D eigenvalue weighted by atomic mass is 16.5. The fourth-order valence-corrected chi connectivity index (χ4v) is 1.47. The first-order valence-corrected chi connectivity index (χ1v) is 5.01. The Kier molecular flexibility index (Phi) is 3.22. The minimum atomic E-state index is 0.0425. The zero-order chi connectivity index (χ0) is 11.4. The molecule has 0 fully saturated rings. The van der Waals surface area contributed by atoms with E-state index in [1.165, 1.54) is 0 Å². The van der Waals surface area contributed by atoms with Gasteiger partial charge < -0.3 is 14.6 Å². The molecule has 0 radical (unpaired) electrons. The second kappa shape index (κ2) is 4.81. The number of hydrogen-bond acceptors (Lipinski definition) is 4. The van der Waals surface area contributed by atoms with Gasteiger partial charge in [0.25, 0.3) is 0 Å². The van der Waals surface area contributed by atoms with E-state index >= 15 is 0 Å². The minimum absolute atomic E-state index is 0.0425. The highest BCUT2D eigenvalue weighted by Crippen LogP contribution is 2.25. The third kappa shape index (κ3) is 2.23. The molecule has 84 valence electrons. The van der Waals surface area contributed by atoms with Gasteiger partial charge in [-0.25, -0.2) is 4.98 Å². The molecule has 0 aliphatic carbocycles. The Hall–Kier alpha value is -1.81. The van der Waals surface area contributed by atoms with Crippen molar-refractivity contribution in [3.05, 3.63) is 30.5 Å². The van der Waals surface area contributed by atoms with Gasteiger partial charge in [-0.3, -0.25) is 0 Å². The minimum Gasteiger partial charge on any atom is -0.493 e. The summed E-state index contributed by atoms with van der Waals surface area (Å²) in [6, 6.07) is 7.30. The van der Waals surface area contributed by atoms with Gasteiger partial charge in [0, 0.05) is 18.7 Å². The lowest BCUT2D eigenvalue weighted by Crippen LogP contribution is -2.03. The van der Waals surface area contributed by atoms with Crippen LogP contribution in [-0.4, -0.2) is 30.4 Å². The normalized spacial score (nSPS) is 10.6. The Balaban J connectivity index is 2.23. The third-order valence-corrected chi connectivity index (χ3v) is 2.27. The standard InChI is InChI=1S/C12H13NO3/c1-15-6-7-16-10-2-3-11-9(8-10)4-5-13-12(11)14/h2-5,8H,6-7H2,1H3,(H,13,14). The van der Waals surface area contributed by atoms with Crippen molar-refractivity contribution in [3.8, 4) is 11.6 Å². The lowest BCUT2D eigenvalue weighted by Gasteiger charge is -2.06. The van der Waals surface area contributed by atoms with E-state index in [-0.39, 0.29) is 5.88 Å². The van der Waals surface area contributed by atoms with Gasteiger partial charge in [-0.05, 0) is 29.7 Å². The summed E-state index contributed by atoms with van der Waals surface area (Å²) in [4.78, 5) is 3.81. The maximum atomic E-state index is 9.50. The van der Waals surface area contributed by atoms with Crippen LogP contribution in [-0.2, 0) is 4.74 Å². The van der Waals surface area contributed by atoms with Gasteiger partial charge >= 0.3 is 0 Å². The number of aromatic hydroxyl groups is 1. The van der Waals surface area contributed by atoms with Crippen LogP contribution < -0.4 is 4.74 Å². The second-order valence-corrected chi connectivity index (χ2v) is 3.36. The molecule has 0 unspecified atom stereocenters. The number of hydrogen-bond donors (Lipinski definition) is 1. The summed E-state index contributed by atoms with van der Waals surface area (Å²) in [7, 11) is 1.63. The number of aromatic nitrogens is 1. The van der Waals surface area contributed by atoms with E-state index in [0.29, 0.717) is 13.2 Å². The Bertz CT molecular complexity index is 485. The summed E-state index contributed by atoms with van der Waals surface area (Å²) in [6.45, 7) is 1.07. The van der Waals surface area contributed by atoms with E-state index in [0.717, 1.165) is 16.5 Å². The Morgan fingerprint density at radius 1 is 1.25 bits per heavy atom. The molecule has 0 saturated carbocycles. The van der Waals surface area contributed by atoms with Crippen molar-refractivity contribution < 1.29 is 14.6 Å². The number of pyridine rings is 1. The van der Waals surface area contributed by atoms with Gasteiger partial charge in [-0.2, -0.15) is 0 Å². The fraction of sp³-hybridized carbons (Fsp3) is 0.250. The van der Waals surface area contributed by atoms with E-state index in [9.17, 15) is 5.11 Å². The molecule has 0 spiro atoms. The molecule has 1 aromatic heterocycles. The van der Waals surface area contributed by atoms with Crippen LogP contribution in [0, 0.1) is 0 Å². The Morgan fingerprint density at radius 2 is 2.12 bits per heavy atom. The molecule has 2 aromatic rings. The first-order chi connectivity index (χ1) is 7.81. The zero-order valence-electron chi connectivity index (χ0n) is 9.01. The lowest BCUT2D eigenvalue weighted by atomic mass is 10.1. The topological polar surface area (TPSA) is 51.6 Å². The van der Waals surface area contributed by atoms with Crippen LogP contribution in [0.3, 0.4) is 0 Å². The Morgan fingerprint density at radius 3 is 2.94 bits per heavy atom. The summed E-state index contributed by atoms with van der Waals surface area (Å²) in [5.74, 6) is 0.802. The molecule has 0 aliphatic rings. The quantitative estimate of drug-likeness (QED) is 0.799. The van der Waals surface area contributed by atoms with E-state index in [2.05, 4.69) is 4.98 Å². The summed E-state index contributed by atoms with van der Waals surface area (Å²) in [6.07, 6.45) is 1.57. The number of ether oxygens (including phenoxy) is 2. The molecule has 1 heterocycles. The summed E-state index contributed by atoms with van der Waals surface area (Å²) < 4.78 is 10.4. The van der Waals surface area contributed by atoms with E-state index in [4.69, 9.17) is 9.47 Å². The smallest absolute Gasteiger partial charge is 0.218 e. The molecule has 0 amide bonds. The van der Waals surface area contributed by atoms with Crippen molar-refractivity contribution in [2.24, 2.45) is 0 Å². The summed E-state index contributed by atoms with van der Waals surface area (Å²) in [5.41, 5.74) is 0. The van der Waals surface area contributed by atoms with Crippen LogP contribution >= 0.6 is 0 Å². The summed E-state index contributed by atoms with van der Waals surface area (Å²) >= 11 is 0. The number of benzene rings is 1. The molecule has 4 heteroatoms. The van der Waals surface area contributed by atoms with Gasteiger partial charge in [-0.1, -0.05) is 0 Å². The molecule has 0 bridgehead atoms. The van der Waals surface area contributed by atoms with Crippen LogP contribution in [0.1, 0.15) is 0 Å². The molecule has 4 nitrogen and oxygen atoms in total. The van der Waals surface area contributed by atoms with Crippen molar-refractivity contribution in [1.29, 1.82) is 0 Å². The molecular weight excluding hydrogens is 206 g/mol. The van der Waals surface area contributed by atoms with Crippen molar-refractivity contribution in [2.45, 2.75) is 0 Å². The maximum absolute atomic E-state index is 9.50. The molecule has 0 atom stereocenters. The average molecular weight is 219 g/mol. The van der Waals surface area contributed by atoms with Crippen LogP contribution in [0.2, 0.25) is 0 Å². The zero-order valence-corrected chi connectivity index (χ0v) is 9.01. The van der Waals surface area contributed by atoms with Gasteiger partial charge in [0.2, 0.25) is 5.88 Å². The number of fused-ring (bicyclic) bond motifs is 1. The van der Waals surface area contributed by atoms with Gasteiger partial charge in [-0.15, -0.1) is 0 Å². The first kappa shape index (κ1) is 10.7. The van der Waals surface area contributed by atoms with E-state index < -0.39 is 0 Å². The molecule has 2 rings (SSSR count). The van der Waals surface area contributed by atoms with Crippen molar-refractivity contribution in [1.82, 2.24) is 4.98 Å². The molecule has 16 heavy (non-hydrogen) atoms. The van der Waals surface area contributed by atoms with Crippen molar-refractivity contribution in [2.75, 3.05) is 20.3 Å². The van der Waals surface area contributed by atoms with Crippen LogP contribution in [0.5, 0.6) is 11.6 Å². The van der Waals surface area contributed by atoms with Crippen molar-refractivity contribution in [3.63, 3.8) is 0 Å². The van der Waals surface area contributed by atoms with Crippen LogP contribution in [0.25, 0.3) is 10.8 Å². The van der Waals surface area contributed by atoms with E-state index in [1.54, 1.807) is 25.4 Å². The predicted octanol–water partition coefficient (Wildman–Crippen LogP) is 1.97. The monoisotopic (exact) mass is 219 g/mol. The second-order valence-electron chi connectivity index (χ2n) is 3.36. The highest BCUT2D eigenvalue weighted by molar-refractivity contribution is 5.87. The average Bonchev–Trinajstić information content (AvgIpc) is 2.30. The molecular formula is C12H13NO3. The Labute approximate surface area is 93.4 Å². The van der Waals surface area contributed by atoms with Crippen LogP contribution in [0.4, 0.5) is 0 Å². The maximum Gasteiger partial charge on any atom is 0.218 e.